The smallest absolute Gasteiger partial charge is 0.166 e. The van der Waals surface area contributed by atoms with Gasteiger partial charge in [0.1, 0.15) is 0 Å². The van der Waals surface area contributed by atoms with E-state index in [1.165, 1.54) is 11.8 Å². The van der Waals surface area contributed by atoms with Gasteiger partial charge < -0.3 is 0 Å². The fourth-order valence-electron chi connectivity index (χ4n) is 1.59. The van der Waals surface area contributed by atoms with Crippen LogP contribution in [0.2, 0.25) is 0 Å². The molecule has 19 heavy (non-hydrogen) atoms. The summed E-state index contributed by atoms with van der Waals surface area (Å²) in [6.07, 6.45) is -2.85. The molecule has 0 radical (unpaired) electrons. The summed E-state index contributed by atoms with van der Waals surface area (Å²) >= 11 is 4.37. The average Bonchev–Trinajstić information content (AvgIpc) is 2.37. The van der Waals surface area contributed by atoms with Crippen LogP contribution in [-0.4, -0.2) is 11.5 Å². The van der Waals surface area contributed by atoms with Gasteiger partial charge in [-0.3, -0.25) is 0 Å². The molecule has 0 bridgehead atoms. The minimum atomic E-state index is -4.25. The molecule has 1 aromatic rings. The molecule has 0 aromatic heterocycles. The highest BCUT2D eigenvalue weighted by Gasteiger charge is 2.35. The minimum absolute atomic E-state index is 0.0841. The Hall–Kier alpha value is -0.420. The second-order valence-electron chi connectivity index (χ2n) is 4.05. The number of halogens is 4. The van der Waals surface area contributed by atoms with Crippen molar-refractivity contribution < 1.29 is 13.2 Å². The first-order valence-corrected chi connectivity index (χ1v) is 8.01. The highest BCUT2D eigenvalue weighted by molar-refractivity contribution is 9.09. The lowest BCUT2D eigenvalue weighted by Gasteiger charge is -2.16. The van der Waals surface area contributed by atoms with Gasteiger partial charge in [0, 0.05) is 20.7 Å². The predicted octanol–water partition coefficient (Wildman–Crippen LogP) is 6.18. The van der Waals surface area contributed by atoms with E-state index >= 15 is 0 Å². The molecule has 106 valence electrons. The Morgan fingerprint density at radius 2 is 1.84 bits per heavy atom. The van der Waals surface area contributed by atoms with Gasteiger partial charge in [-0.2, -0.15) is 13.2 Å². The summed E-state index contributed by atoms with van der Waals surface area (Å²) in [7, 11) is 0. The Labute approximate surface area is 124 Å². The van der Waals surface area contributed by atoms with Crippen LogP contribution in [0.3, 0.4) is 0 Å². The second-order valence-corrected chi connectivity index (χ2v) is 5.78. The van der Waals surface area contributed by atoms with Crippen molar-refractivity contribution in [3.63, 3.8) is 0 Å². The summed E-state index contributed by atoms with van der Waals surface area (Å²) in [5, 5.41) is 0.227. The third-order valence-electron chi connectivity index (χ3n) is 2.56. The summed E-state index contributed by atoms with van der Waals surface area (Å²) in [6, 6.07) is 9.15. The molecule has 5 heteroatoms. The van der Waals surface area contributed by atoms with Crippen molar-refractivity contribution in [2.45, 2.75) is 37.3 Å². The normalized spacial score (nSPS) is 13.3. The molecule has 0 aliphatic rings. The van der Waals surface area contributed by atoms with Crippen LogP contribution in [0.25, 0.3) is 0 Å². The number of hydrogen-bond donors (Lipinski definition) is 0. The van der Waals surface area contributed by atoms with E-state index in [-0.39, 0.29) is 11.8 Å². The molecule has 0 saturated carbocycles. The molecule has 0 atom stereocenters. The highest BCUT2D eigenvalue weighted by atomic mass is 79.9. The van der Waals surface area contributed by atoms with E-state index in [0.29, 0.717) is 11.3 Å². The molecule has 0 amide bonds. The van der Waals surface area contributed by atoms with Crippen LogP contribution < -0.4 is 0 Å². The van der Waals surface area contributed by atoms with E-state index in [9.17, 15) is 13.2 Å². The van der Waals surface area contributed by atoms with Crippen LogP contribution in [0.4, 0.5) is 13.2 Å². The number of thioether (sulfide) groups is 1. The van der Waals surface area contributed by atoms with Gasteiger partial charge in [-0.15, -0.1) is 0 Å². The molecule has 1 aromatic carbocycles. The maximum absolute atomic E-state index is 13.1. The number of alkyl halides is 4. The van der Waals surface area contributed by atoms with E-state index in [1.54, 1.807) is 0 Å². The quantitative estimate of drug-likeness (QED) is 0.435. The van der Waals surface area contributed by atoms with Gasteiger partial charge in [-0.1, -0.05) is 59.2 Å². The van der Waals surface area contributed by atoms with Gasteiger partial charge in [-0.05, 0) is 25.0 Å². The topological polar surface area (TPSA) is 0 Å². The van der Waals surface area contributed by atoms with Gasteiger partial charge in [0.25, 0.3) is 0 Å². The molecule has 0 nitrogen and oxygen atoms in total. The molecule has 1 rings (SSSR count). The van der Waals surface area contributed by atoms with Crippen molar-refractivity contribution in [3.8, 4) is 0 Å². The maximum Gasteiger partial charge on any atom is 0.413 e. The zero-order chi connectivity index (χ0) is 14.3. The highest BCUT2D eigenvalue weighted by Crippen LogP contribution is 2.39. The van der Waals surface area contributed by atoms with E-state index in [0.717, 1.165) is 11.3 Å². The molecular weight excluding hydrogens is 337 g/mol. The monoisotopic (exact) mass is 352 g/mol. The Morgan fingerprint density at radius 1 is 1.21 bits per heavy atom. The van der Waals surface area contributed by atoms with Crippen LogP contribution in [0, 0.1) is 0 Å². The molecule has 0 aliphatic carbocycles. The van der Waals surface area contributed by atoms with Gasteiger partial charge in [0.15, 0.2) is 0 Å². The number of allylic oxidation sites excluding steroid dienone is 2. The standard InChI is InChI=1S/C14H16BrF3S/c1-2-3-9-12(14(16,17)18)13(10-15)19-11-7-5-4-6-8-11/h4-8H,2-3,9-10H2,1H3/b13-12+. The van der Waals surface area contributed by atoms with Gasteiger partial charge in [-0.25, -0.2) is 0 Å². The molecular formula is C14H16BrF3S. The largest absolute Gasteiger partial charge is 0.413 e. The SMILES string of the molecule is CCCC/C(=C(/CBr)Sc1ccccc1)C(F)(F)F. The zero-order valence-electron chi connectivity index (χ0n) is 10.6. The Bertz CT molecular complexity index is 412. The molecule has 0 aliphatic heterocycles. The van der Waals surface area contributed by atoms with Crippen molar-refractivity contribution in [1.82, 2.24) is 0 Å². The average molecular weight is 353 g/mol. The maximum atomic E-state index is 13.1. The zero-order valence-corrected chi connectivity index (χ0v) is 13.0. The number of unbranched alkanes of at least 4 members (excludes halogenated alkanes) is 1. The number of rotatable bonds is 6. The number of hydrogen-bond acceptors (Lipinski definition) is 1. The van der Waals surface area contributed by atoms with Crippen LogP contribution in [0.15, 0.2) is 45.7 Å². The van der Waals surface area contributed by atoms with Crippen molar-refractivity contribution in [1.29, 1.82) is 0 Å². The summed E-state index contributed by atoms with van der Waals surface area (Å²) in [5.41, 5.74) is -0.403. The first kappa shape index (κ1) is 16.6. The second kappa shape index (κ2) is 8.00. The summed E-state index contributed by atoms with van der Waals surface area (Å²) in [5.74, 6) is 0. The summed E-state index contributed by atoms with van der Waals surface area (Å²) in [4.78, 5) is 1.18. The van der Waals surface area contributed by atoms with Crippen molar-refractivity contribution >= 4 is 27.7 Å². The van der Waals surface area contributed by atoms with Crippen LogP contribution in [0.1, 0.15) is 26.2 Å². The molecule has 0 N–H and O–H groups in total. The molecule has 0 fully saturated rings. The van der Waals surface area contributed by atoms with E-state index in [1.807, 2.05) is 37.3 Å². The lowest BCUT2D eigenvalue weighted by Crippen LogP contribution is -2.14. The third-order valence-corrected chi connectivity index (χ3v) is 4.64. The van der Waals surface area contributed by atoms with Crippen molar-refractivity contribution in [3.05, 3.63) is 40.8 Å². The Balaban J connectivity index is 3.01. The first-order valence-electron chi connectivity index (χ1n) is 6.07. The van der Waals surface area contributed by atoms with Crippen LogP contribution in [0.5, 0.6) is 0 Å². The molecule has 0 saturated heterocycles. The third kappa shape index (κ3) is 5.61. The van der Waals surface area contributed by atoms with E-state index in [2.05, 4.69) is 15.9 Å². The summed E-state index contributed by atoms with van der Waals surface area (Å²) in [6.45, 7) is 1.89. The Kier molecular flexibility index (Phi) is 7.00. The van der Waals surface area contributed by atoms with Gasteiger partial charge in [0.05, 0.1) is 0 Å². The predicted molar refractivity (Wildman–Crippen MR) is 78.7 cm³/mol. The van der Waals surface area contributed by atoms with Gasteiger partial charge in [0.2, 0.25) is 0 Å². The molecule has 0 unspecified atom stereocenters. The van der Waals surface area contributed by atoms with Crippen molar-refractivity contribution in [2.75, 3.05) is 5.33 Å². The van der Waals surface area contributed by atoms with Crippen LogP contribution in [-0.2, 0) is 0 Å². The number of benzene rings is 1. The fraction of sp³-hybridized carbons (Fsp3) is 0.429. The van der Waals surface area contributed by atoms with Crippen molar-refractivity contribution in [2.24, 2.45) is 0 Å². The van der Waals surface area contributed by atoms with Crippen LogP contribution >= 0.6 is 27.7 Å². The van der Waals surface area contributed by atoms with E-state index in [4.69, 9.17) is 0 Å². The fourth-order valence-corrected chi connectivity index (χ4v) is 3.25. The lowest BCUT2D eigenvalue weighted by atomic mass is 10.1. The summed E-state index contributed by atoms with van der Waals surface area (Å²) < 4.78 is 39.3. The molecule has 0 spiro atoms. The lowest BCUT2D eigenvalue weighted by molar-refractivity contribution is -0.0944. The Morgan fingerprint density at radius 3 is 2.32 bits per heavy atom. The van der Waals surface area contributed by atoms with E-state index < -0.39 is 11.7 Å². The van der Waals surface area contributed by atoms with Gasteiger partial charge >= 0.3 is 6.18 Å². The molecule has 0 heterocycles. The minimum Gasteiger partial charge on any atom is -0.166 e. The first-order chi connectivity index (χ1) is 8.99.